The maximum absolute atomic E-state index is 4.79. The first-order valence-corrected chi connectivity index (χ1v) is 6.27. The lowest BCUT2D eigenvalue weighted by Crippen LogP contribution is -2.05. The highest BCUT2D eigenvalue weighted by molar-refractivity contribution is 5.75. The Labute approximate surface area is 103 Å². The largest absolute Gasteiger partial charge is 0.249 e. The Bertz CT molecular complexity index is 542. The zero-order chi connectivity index (χ0) is 12.6. The quantitative estimate of drug-likeness (QED) is 0.770. The molecular weight excluding hydrogens is 208 g/mol. The van der Waals surface area contributed by atoms with Crippen molar-refractivity contribution < 1.29 is 0 Å². The number of aryl methyl sites for hydroxylation is 1. The average molecular weight is 228 g/mol. The smallest absolute Gasteiger partial charge is 0.0893 e. The van der Waals surface area contributed by atoms with Gasteiger partial charge in [0, 0.05) is 0 Å². The third-order valence-corrected chi connectivity index (χ3v) is 2.97. The van der Waals surface area contributed by atoms with Crippen LogP contribution in [0.25, 0.3) is 11.0 Å². The van der Waals surface area contributed by atoms with Crippen molar-refractivity contribution in [3.05, 3.63) is 35.2 Å². The molecule has 0 amide bonds. The van der Waals surface area contributed by atoms with Crippen LogP contribution in [0.3, 0.4) is 0 Å². The monoisotopic (exact) mass is 228 g/mol. The summed E-state index contributed by atoms with van der Waals surface area (Å²) in [5.74, 6) is 0.843. The Balaban J connectivity index is 2.72. The summed E-state index contributed by atoms with van der Waals surface area (Å²) < 4.78 is 0. The van der Waals surface area contributed by atoms with E-state index in [0.717, 1.165) is 22.4 Å². The molecule has 1 aromatic heterocycles. The highest BCUT2D eigenvalue weighted by Crippen LogP contribution is 2.25. The molecule has 0 aliphatic heterocycles. The van der Waals surface area contributed by atoms with E-state index in [1.807, 2.05) is 0 Å². The van der Waals surface area contributed by atoms with Crippen LogP contribution in [-0.4, -0.2) is 9.97 Å². The van der Waals surface area contributed by atoms with Gasteiger partial charge in [0.15, 0.2) is 0 Å². The molecule has 0 fully saturated rings. The minimum atomic E-state index is 0.421. The number of aromatic nitrogens is 2. The van der Waals surface area contributed by atoms with E-state index in [2.05, 4.69) is 52.8 Å². The van der Waals surface area contributed by atoms with Gasteiger partial charge in [0.2, 0.25) is 0 Å². The molecule has 17 heavy (non-hydrogen) atoms. The van der Waals surface area contributed by atoms with Crippen molar-refractivity contribution in [3.8, 4) is 0 Å². The number of rotatable bonds is 2. The van der Waals surface area contributed by atoms with Crippen molar-refractivity contribution in [2.24, 2.45) is 0 Å². The molecule has 1 aromatic carbocycles. The Hall–Kier alpha value is -1.44. The maximum atomic E-state index is 4.79. The predicted molar refractivity (Wildman–Crippen MR) is 72.5 cm³/mol. The molecule has 0 saturated heterocycles. The second kappa shape index (κ2) is 4.44. The predicted octanol–water partition coefficient (Wildman–Crippen LogP) is 4.19. The number of fused-ring (bicyclic) bond motifs is 1. The summed E-state index contributed by atoms with van der Waals surface area (Å²) in [6.45, 7) is 10.8. The maximum Gasteiger partial charge on any atom is 0.0893 e. The van der Waals surface area contributed by atoms with Crippen molar-refractivity contribution in [3.63, 3.8) is 0 Å². The van der Waals surface area contributed by atoms with Gasteiger partial charge in [-0.1, -0.05) is 33.8 Å². The van der Waals surface area contributed by atoms with Crippen LogP contribution in [0.4, 0.5) is 0 Å². The fourth-order valence-corrected chi connectivity index (χ4v) is 2.04. The zero-order valence-corrected chi connectivity index (χ0v) is 11.3. The zero-order valence-electron chi connectivity index (χ0n) is 11.3. The van der Waals surface area contributed by atoms with Crippen LogP contribution in [-0.2, 0) is 0 Å². The molecule has 2 heteroatoms. The fraction of sp³-hybridized carbons (Fsp3) is 0.467. The number of benzene rings is 1. The standard InChI is InChI=1S/C15H20N2/c1-9(2)14-15(10(3)4)17-13-8-11(5)6-7-12(13)16-14/h6-10H,1-5H3. The molecule has 2 aromatic rings. The SMILES string of the molecule is Cc1ccc2nc(C(C)C)c(C(C)C)nc2c1. The van der Waals surface area contributed by atoms with Crippen LogP contribution in [0.2, 0.25) is 0 Å². The van der Waals surface area contributed by atoms with E-state index in [4.69, 9.17) is 9.97 Å². The summed E-state index contributed by atoms with van der Waals surface area (Å²) >= 11 is 0. The first-order chi connectivity index (χ1) is 7.99. The van der Waals surface area contributed by atoms with E-state index in [9.17, 15) is 0 Å². The van der Waals surface area contributed by atoms with E-state index < -0.39 is 0 Å². The van der Waals surface area contributed by atoms with Crippen molar-refractivity contribution in [1.29, 1.82) is 0 Å². The lowest BCUT2D eigenvalue weighted by atomic mass is 10.00. The number of hydrogen-bond donors (Lipinski definition) is 0. The van der Waals surface area contributed by atoms with E-state index in [0.29, 0.717) is 11.8 Å². The van der Waals surface area contributed by atoms with Gasteiger partial charge in [0.1, 0.15) is 0 Å². The average Bonchev–Trinajstić information content (AvgIpc) is 2.26. The lowest BCUT2D eigenvalue weighted by Gasteiger charge is -2.15. The topological polar surface area (TPSA) is 25.8 Å². The summed E-state index contributed by atoms with van der Waals surface area (Å²) in [4.78, 5) is 9.57. The lowest BCUT2D eigenvalue weighted by molar-refractivity contribution is 0.737. The molecule has 0 spiro atoms. The van der Waals surface area contributed by atoms with Crippen LogP contribution in [0, 0.1) is 6.92 Å². The minimum absolute atomic E-state index is 0.421. The van der Waals surface area contributed by atoms with Crippen LogP contribution in [0.15, 0.2) is 18.2 Å². The number of hydrogen-bond acceptors (Lipinski definition) is 2. The van der Waals surface area contributed by atoms with Gasteiger partial charge in [-0.15, -0.1) is 0 Å². The molecule has 1 heterocycles. The van der Waals surface area contributed by atoms with Gasteiger partial charge in [-0.3, -0.25) is 0 Å². The molecule has 0 aliphatic rings. The first-order valence-electron chi connectivity index (χ1n) is 6.27. The molecule has 0 radical (unpaired) electrons. The first kappa shape index (κ1) is 12.0. The second-order valence-electron chi connectivity index (χ2n) is 5.30. The molecule has 0 saturated carbocycles. The minimum Gasteiger partial charge on any atom is -0.249 e. The van der Waals surface area contributed by atoms with Gasteiger partial charge < -0.3 is 0 Å². The molecular formula is C15H20N2. The Kier molecular flexibility index (Phi) is 3.14. The second-order valence-corrected chi connectivity index (χ2v) is 5.30. The summed E-state index contributed by atoms with van der Waals surface area (Å²) in [5, 5.41) is 0. The van der Waals surface area contributed by atoms with Crippen LogP contribution < -0.4 is 0 Å². The van der Waals surface area contributed by atoms with E-state index in [-0.39, 0.29) is 0 Å². The molecule has 0 N–H and O–H groups in total. The molecule has 0 aliphatic carbocycles. The van der Waals surface area contributed by atoms with Crippen LogP contribution in [0.5, 0.6) is 0 Å². The summed E-state index contributed by atoms with van der Waals surface area (Å²) in [6.07, 6.45) is 0. The van der Waals surface area contributed by atoms with Gasteiger partial charge >= 0.3 is 0 Å². The number of nitrogens with zero attached hydrogens (tertiary/aromatic N) is 2. The van der Waals surface area contributed by atoms with Gasteiger partial charge in [-0.05, 0) is 36.5 Å². The third-order valence-electron chi connectivity index (χ3n) is 2.97. The van der Waals surface area contributed by atoms with Gasteiger partial charge in [-0.2, -0.15) is 0 Å². The van der Waals surface area contributed by atoms with E-state index in [1.165, 1.54) is 5.56 Å². The van der Waals surface area contributed by atoms with Crippen molar-refractivity contribution in [2.75, 3.05) is 0 Å². The Morgan fingerprint density at radius 3 is 1.88 bits per heavy atom. The fourth-order valence-electron chi connectivity index (χ4n) is 2.04. The van der Waals surface area contributed by atoms with Crippen molar-refractivity contribution in [2.45, 2.75) is 46.5 Å². The summed E-state index contributed by atoms with van der Waals surface area (Å²) in [6, 6.07) is 6.27. The molecule has 0 unspecified atom stereocenters. The molecule has 2 nitrogen and oxygen atoms in total. The van der Waals surface area contributed by atoms with Gasteiger partial charge in [-0.25, -0.2) is 9.97 Å². The van der Waals surface area contributed by atoms with Gasteiger partial charge in [0.05, 0.1) is 22.4 Å². The molecule has 90 valence electrons. The van der Waals surface area contributed by atoms with Crippen LogP contribution in [0.1, 0.15) is 56.5 Å². The van der Waals surface area contributed by atoms with Crippen molar-refractivity contribution in [1.82, 2.24) is 9.97 Å². The highest BCUT2D eigenvalue weighted by atomic mass is 14.8. The van der Waals surface area contributed by atoms with E-state index in [1.54, 1.807) is 0 Å². The highest BCUT2D eigenvalue weighted by Gasteiger charge is 2.14. The Morgan fingerprint density at radius 2 is 1.35 bits per heavy atom. The molecule has 0 atom stereocenters. The molecule has 0 bridgehead atoms. The van der Waals surface area contributed by atoms with Gasteiger partial charge in [0.25, 0.3) is 0 Å². The normalized spacial score (nSPS) is 11.7. The Morgan fingerprint density at radius 1 is 0.824 bits per heavy atom. The van der Waals surface area contributed by atoms with Crippen LogP contribution >= 0.6 is 0 Å². The third kappa shape index (κ3) is 2.31. The summed E-state index contributed by atoms with van der Waals surface area (Å²) in [7, 11) is 0. The van der Waals surface area contributed by atoms with Crippen molar-refractivity contribution >= 4 is 11.0 Å². The van der Waals surface area contributed by atoms with E-state index >= 15 is 0 Å². The molecule has 2 rings (SSSR count). The summed E-state index contributed by atoms with van der Waals surface area (Å²) in [5.41, 5.74) is 5.52.